The monoisotopic (exact) mass is 369 g/mol. The van der Waals surface area contributed by atoms with Crippen LogP contribution in [0.3, 0.4) is 0 Å². The highest BCUT2D eigenvalue weighted by atomic mass is 35.5. The van der Waals surface area contributed by atoms with Crippen LogP contribution in [0.4, 0.5) is 5.82 Å². The topological polar surface area (TPSA) is 87.1 Å². The Morgan fingerprint density at radius 3 is 2.71 bits per heavy atom. The Morgan fingerprint density at radius 1 is 1.25 bits per heavy atom. The minimum Gasteiger partial charge on any atom is -0.616 e. The van der Waals surface area contributed by atoms with Gasteiger partial charge in [-0.2, -0.15) is 9.97 Å². The summed E-state index contributed by atoms with van der Waals surface area (Å²) in [5.74, 6) is 2.85. The van der Waals surface area contributed by atoms with Crippen molar-refractivity contribution in [2.75, 3.05) is 36.1 Å². The van der Waals surface area contributed by atoms with E-state index < -0.39 is 11.2 Å². The van der Waals surface area contributed by atoms with Gasteiger partial charge in [-0.3, -0.25) is 0 Å². The van der Waals surface area contributed by atoms with E-state index in [0.29, 0.717) is 59.9 Å². The van der Waals surface area contributed by atoms with Crippen LogP contribution in [-0.2, 0) is 11.2 Å². The maximum Gasteiger partial charge on any atom is 0.243 e. The molecule has 0 amide bonds. The van der Waals surface area contributed by atoms with Gasteiger partial charge in [-0.05, 0) is 23.9 Å². The molecule has 1 aliphatic rings. The quantitative estimate of drug-likeness (QED) is 0.588. The molecule has 0 unspecified atom stereocenters. The molecule has 0 bridgehead atoms. The summed E-state index contributed by atoms with van der Waals surface area (Å²) in [6.45, 7) is 6.15. The Balaban J connectivity index is 1.93. The lowest BCUT2D eigenvalue weighted by molar-refractivity contribution is 0.282. The van der Waals surface area contributed by atoms with E-state index in [-0.39, 0.29) is 5.28 Å². The Labute approximate surface area is 149 Å². The fourth-order valence-electron chi connectivity index (χ4n) is 2.45. The molecule has 2 aromatic heterocycles. The number of hydrogen-bond donors (Lipinski definition) is 0. The molecule has 0 aromatic carbocycles. The predicted molar refractivity (Wildman–Crippen MR) is 95.2 cm³/mol. The van der Waals surface area contributed by atoms with Crippen LogP contribution in [0, 0.1) is 5.92 Å². The Bertz CT molecular complexity index is 710. The van der Waals surface area contributed by atoms with Crippen molar-refractivity contribution in [1.82, 2.24) is 19.9 Å². The fraction of sp³-hybridized carbons (Fsp3) is 0.600. The number of anilines is 1. The minimum absolute atomic E-state index is 0.132. The van der Waals surface area contributed by atoms with Crippen molar-refractivity contribution in [2.45, 2.75) is 20.3 Å². The van der Waals surface area contributed by atoms with Gasteiger partial charge in [-0.25, -0.2) is 9.97 Å². The Hall–Kier alpha value is -1.38. The highest BCUT2D eigenvalue weighted by Crippen LogP contribution is 2.29. The van der Waals surface area contributed by atoms with Gasteiger partial charge in [-0.1, -0.05) is 25.0 Å². The number of halogens is 1. The van der Waals surface area contributed by atoms with Crippen LogP contribution in [0.5, 0.6) is 5.88 Å². The van der Waals surface area contributed by atoms with E-state index in [4.69, 9.17) is 16.3 Å². The highest BCUT2D eigenvalue weighted by Gasteiger charge is 2.24. The standard InChI is InChI=1S/C15H20ClN5O2S/c1-10(2)3-6-23-14-12-11(17-9-18-14)13(20-15(16)19-12)21-4-7-24(22)8-5-21/h9-10H,3-8H2,1-2H3. The van der Waals surface area contributed by atoms with Crippen LogP contribution >= 0.6 is 11.6 Å². The summed E-state index contributed by atoms with van der Waals surface area (Å²) in [6.07, 6.45) is 2.38. The van der Waals surface area contributed by atoms with Crippen molar-refractivity contribution in [3.8, 4) is 5.88 Å². The molecule has 9 heteroatoms. The number of nitrogens with zero attached hydrogens (tertiary/aromatic N) is 5. The molecule has 24 heavy (non-hydrogen) atoms. The van der Waals surface area contributed by atoms with Gasteiger partial charge in [0.1, 0.15) is 23.3 Å². The van der Waals surface area contributed by atoms with Gasteiger partial charge in [0.15, 0.2) is 11.3 Å². The summed E-state index contributed by atoms with van der Waals surface area (Å²) in [7, 11) is 0. The Kier molecular flexibility index (Phi) is 5.57. The van der Waals surface area contributed by atoms with E-state index in [1.807, 2.05) is 4.90 Å². The van der Waals surface area contributed by atoms with Crippen LogP contribution in [0.25, 0.3) is 11.0 Å². The summed E-state index contributed by atoms with van der Waals surface area (Å²) < 4.78 is 17.4. The normalized spacial score (nSPS) is 16.1. The summed E-state index contributed by atoms with van der Waals surface area (Å²) in [6, 6.07) is 0. The molecule has 0 atom stereocenters. The van der Waals surface area contributed by atoms with Gasteiger partial charge in [0.2, 0.25) is 11.2 Å². The van der Waals surface area contributed by atoms with Gasteiger partial charge in [0, 0.05) is 0 Å². The zero-order chi connectivity index (χ0) is 17.1. The molecule has 1 saturated heterocycles. The summed E-state index contributed by atoms with van der Waals surface area (Å²) in [5.41, 5.74) is 1.13. The second-order valence-corrected chi connectivity index (χ2v) is 8.09. The lowest BCUT2D eigenvalue weighted by Crippen LogP contribution is -2.41. The number of fused-ring (bicyclic) bond motifs is 1. The maximum atomic E-state index is 11.6. The lowest BCUT2D eigenvalue weighted by atomic mass is 10.1. The van der Waals surface area contributed by atoms with Crippen molar-refractivity contribution < 1.29 is 9.29 Å². The van der Waals surface area contributed by atoms with Gasteiger partial charge in [0.05, 0.1) is 19.7 Å². The van der Waals surface area contributed by atoms with Gasteiger partial charge >= 0.3 is 0 Å². The van der Waals surface area contributed by atoms with E-state index >= 15 is 0 Å². The first-order valence-electron chi connectivity index (χ1n) is 7.95. The number of hydrogen-bond acceptors (Lipinski definition) is 7. The molecule has 130 valence electrons. The number of aromatic nitrogens is 4. The van der Waals surface area contributed by atoms with Crippen molar-refractivity contribution in [2.24, 2.45) is 5.92 Å². The smallest absolute Gasteiger partial charge is 0.243 e. The molecule has 2 aromatic rings. The molecule has 1 fully saturated rings. The van der Waals surface area contributed by atoms with E-state index in [1.54, 1.807) is 0 Å². The molecule has 1 aliphatic heterocycles. The first-order chi connectivity index (χ1) is 11.5. The van der Waals surface area contributed by atoms with Crippen LogP contribution in [0.15, 0.2) is 6.33 Å². The fourth-order valence-corrected chi connectivity index (χ4v) is 3.67. The average Bonchev–Trinajstić information content (AvgIpc) is 2.55. The van der Waals surface area contributed by atoms with E-state index in [2.05, 4.69) is 33.8 Å². The number of rotatable bonds is 5. The summed E-state index contributed by atoms with van der Waals surface area (Å²) in [5, 5.41) is 0.132. The van der Waals surface area contributed by atoms with E-state index in [1.165, 1.54) is 6.33 Å². The van der Waals surface area contributed by atoms with E-state index in [9.17, 15) is 4.55 Å². The van der Waals surface area contributed by atoms with Crippen LogP contribution in [-0.4, -0.2) is 55.7 Å². The highest BCUT2D eigenvalue weighted by molar-refractivity contribution is 7.91. The molecule has 0 radical (unpaired) electrons. The second kappa shape index (κ2) is 7.67. The third-order valence-electron chi connectivity index (χ3n) is 3.81. The molecule has 0 aliphatic carbocycles. The third-order valence-corrected chi connectivity index (χ3v) is 5.26. The third kappa shape index (κ3) is 3.99. The molecule has 3 heterocycles. The van der Waals surface area contributed by atoms with Crippen molar-refractivity contribution in [3.63, 3.8) is 0 Å². The molecule has 0 saturated carbocycles. The van der Waals surface area contributed by atoms with Crippen molar-refractivity contribution in [1.29, 1.82) is 0 Å². The summed E-state index contributed by atoms with van der Waals surface area (Å²) in [4.78, 5) is 19.2. The molecule has 7 nitrogen and oxygen atoms in total. The molecule has 0 spiro atoms. The molecule has 0 N–H and O–H groups in total. The van der Waals surface area contributed by atoms with Crippen LogP contribution in [0.1, 0.15) is 20.3 Å². The van der Waals surface area contributed by atoms with Gasteiger partial charge in [-0.15, -0.1) is 0 Å². The largest absolute Gasteiger partial charge is 0.616 e. The predicted octanol–water partition coefficient (Wildman–Crippen LogP) is 2.07. The first kappa shape index (κ1) is 17.4. The number of ether oxygens (including phenoxy) is 1. The maximum absolute atomic E-state index is 11.6. The molecular formula is C15H20ClN5O2S. The SMILES string of the molecule is CC(C)CCOc1ncnc2c(N3CC[S+]([O-])CC3)nc(Cl)nc12. The van der Waals surface area contributed by atoms with E-state index in [0.717, 1.165) is 6.42 Å². The first-order valence-corrected chi connectivity index (χ1v) is 9.82. The Morgan fingerprint density at radius 2 is 2.00 bits per heavy atom. The van der Waals surface area contributed by atoms with Crippen molar-refractivity contribution >= 4 is 39.6 Å². The second-order valence-electron chi connectivity index (χ2n) is 6.06. The lowest BCUT2D eigenvalue weighted by Gasteiger charge is -2.29. The zero-order valence-electron chi connectivity index (χ0n) is 13.7. The van der Waals surface area contributed by atoms with Crippen LogP contribution < -0.4 is 9.64 Å². The van der Waals surface area contributed by atoms with Crippen molar-refractivity contribution in [3.05, 3.63) is 11.6 Å². The van der Waals surface area contributed by atoms with Crippen LogP contribution in [0.2, 0.25) is 5.28 Å². The van der Waals surface area contributed by atoms with Gasteiger partial charge < -0.3 is 14.2 Å². The summed E-state index contributed by atoms with van der Waals surface area (Å²) >= 11 is 5.35. The minimum atomic E-state index is -0.763. The molecular weight excluding hydrogens is 350 g/mol. The average molecular weight is 370 g/mol. The van der Waals surface area contributed by atoms with Gasteiger partial charge in [0.25, 0.3) is 0 Å². The zero-order valence-corrected chi connectivity index (χ0v) is 15.3. The molecule has 3 rings (SSSR count).